The number of hydrogen-bond donors (Lipinski definition) is 1. The number of rotatable bonds is 9. The summed E-state index contributed by atoms with van der Waals surface area (Å²) in [6.07, 6.45) is 7.75. The van der Waals surface area contributed by atoms with E-state index in [0.717, 1.165) is 23.7 Å². The second-order valence-electron chi connectivity index (χ2n) is 6.30. The first-order valence-electron chi connectivity index (χ1n) is 9.48. The van der Waals surface area contributed by atoms with Gasteiger partial charge in [-0.05, 0) is 24.6 Å². The molecule has 0 aliphatic heterocycles. The van der Waals surface area contributed by atoms with Crippen molar-refractivity contribution in [2.24, 2.45) is 0 Å². The largest absolute Gasteiger partial charge is 0.493 e. The van der Waals surface area contributed by atoms with Crippen LogP contribution < -0.4 is 10.1 Å². The lowest BCUT2D eigenvalue weighted by Crippen LogP contribution is -2.24. The van der Waals surface area contributed by atoms with Gasteiger partial charge in [-0.15, -0.1) is 0 Å². The Kier molecular flexibility index (Phi) is 7.01. The number of amides is 1. The third kappa shape index (κ3) is 5.58. The molecule has 1 heterocycles. The quantitative estimate of drug-likeness (QED) is 0.580. The van der Waals surface area contributed by atoms with Crippen LogP contribution in [0.2, 0.25) is 0 Å². The van der Waals surface area contributed by atoms with E-state index in [0.29, 0.717) is 19.6 Å². The van der Waals surface area contributed by atoms with Crippen LogP contribution >= 0.6 is 0 Å². The summed E-state index contributed by atoms with van der Waals surface area (Å²) in [6, 6.07) is 17.9. The van der Waals surface area contributed by atoms with Gasteiger partial charge in [0.25, 0.3) is 0 Å². The van der Waals surface area contributed by atoms with Crippen molar-refractivity contribution in [3.8, 4) is 5.75 Å². The molecule has 0 saturated carbocycles. The fourth-order valence-electron chi connectivity index (χ4n) is 2.92. The molecule has 1 amide bonds. The topological polar surface area (TPSA) is 56.1 Å². The van der Waals surface area contributed by atoms with E-state index in [2.05, 4.69) is 27.0 Å². The molecule has 2 aromatic carbocycles. The molecule has 144 valence electrons. The minimum absolute atomic E-state index is 0.132. The number of carbonyl (C=O) groups is 1. The molecule has 0 atom stereocenters. The lowest BCUT2D eigenvalue weighted by Gasteiger charge is -2.08. The molecule has 0 fully saturated rings. The van der Waals surface area contributed by atoms with E-state index in [1.165, 1.54) is 11.6 Å². The number of aromatic nitrogens is 2. The van der Waals surface area contributed by atoms with Crippen LogP contribution in [0.25, 0.3) is 6.08 Å². The number of para-hydroxylation sites is 1. The van der Waals surface area contributed by atoms with E-state index in [9.17, 15) is 4.79 Å². The van der Waals surface area contributed by atoms with Gasteiger partial charge in [0.15, 0.2) is 0 Å². The van der Waals surface area contributed by atoms with Crippen molar-refractivity contribution in [1.29, 1.82) is 0 Å². The molecule has 5 nitrogen and oxygen atoms in total. The maximum Gasteiger partial charge on any atom is 0.244 e. The van der Waals surface area contributed by atoms with E-state index in [-0.39, 0.29) is 5.91 Å². The summed E-state index contributed by atoms with van der Waals surface area (Å²) in [5, 5.41) is 2.91. The third-order valence-corrected chi connectivity index (χ3v) is 4.28. The van der Waals surface area contributed by atoms with Crippen molar-refractivity contribution in [3.63, 3.8) is 0 Å². The van der Waals surface area contributed by atoms with E-state index < -0.39 is 0 Å². The number of hydrogen-bond acceptors (Lipinski definition) is 3. The van der Waals surface area contributed by atoms with Gasteiger partial charge in [0, 0.05) is 43.5 Å². The van der Waals surface area contributed by atoms with Gasteiger partial charge in [-0.25, -0.2) is 4.98 Å². The number of carbonyl (C=O) groups excluding carboxylic acids is 1. The van der Waals surface area contributed by atoms with Gasteiger partial charge in [-0.1, -0.05) is 48.5 Å². The van der Waals surface area contributed by atoms with Gasteiger partial charge in [0.2, 0.25) is 5.91 Å². The molecule has 5 heteroatoms. The van der Waals surface area contributed by atoms with Gasteiger partial charge in [0.1, 0.15) is 11.6 Å². The first-order valence-corrected chi connectivity index (χ1v) is 9.48. The van der Waals surface area contributed by atoms with Crippen LogP contribution in [0.4, 0.5) is 0 Å². The predicted octanol–water partition coefficient (Wildman–Crippen LogP) is 3.70. The Hall–Kier alpha value is -3.34. The Morgan fingerprint density at radius 3 is 2.75 bits per heavy atom. The Balaban J connectivity index is 1.51. The average Bonchev–Trinajstić information content (AvgIpc) is 3.15. The van der Waals surface area contributed by atoms with Crippen LogP contribution in [-0.4, -0.2) is 28.6 Å². The summed E-state index contributed by atoms with van der Waals surface area (Å²) in [5.41, 5.74) is 2.11. The van der Waals surface area contributed by atoms with E-state index >= 15 is 0 Å². The average molecular weight is 375 g/mol. The van der Waals surface area contributed by atoms with Crippen LogP contribution in [-0.2, 0) is 17.8 Å². The molecular formula is C23H25N3O2. The lowest BCUT2D eigenvalue weighted by atomic mass is 10.2. The summed E-state index contributed by atoms with van der Waals surface area (Å²) >= 11 is 0. The molecule has 0 bridgehead atoms. The highest BCUT2D eigenvalue weighted by Crippen LogP contribution is 2.19. The second kappa shape index (κ2) is 10.1. The Morgan fingerprint density at radius 1 is 1.14 bits per heavy atom. The van der Waals surface area contributed by atoms with Crippen molar-refractivity contribution in [2.45, 2.75) is 19.9 Å². The number of imidazole rings is 1. The molecule has 1 aromatic heterocycles. The summed E-state index contributed by atoms with van der Waals surface area (Å²) in [5.74, 6) is 1.60. The SMILES string of the molecule is CCOc1ccccc1/C=C/C(=O)NCCc1nccn1Cc1ccccc1. The van der Waals surface area contributed by atoms with Crippen molar-refractivity contribution in [1.82, 2.24) is 14.9 Å². The van der Waals surface area contributed by atoms with Crippen LogP contribution in [0, 0.1) is 0 Å². The Bertz CT molecular complexity index is 916. The smallest absolute Gasteiger partial charge is 0.244 e. The summed E-state index contributed by atoms with van der Waals surface area (Å²) in [7, 11) is 0. The molecule has 1 N–H and O–H groups in total. The summed E-state index contributed by atoms with van der Waals surface area (Å²) in [6.45, 7) is 3.84. The van der Waals surface area contributed by atoms with E-state index in [1.54, 1.807) is 12.3 Å². The minimum atomic E-state index is -0.132. The van der Waals surface area contributed by atoms with Crippen molar-refractivity contribution in [3.05, 3.63) is 90.0 Å². The van der Waals surface area contributed by atoms with Crippen molar-refractivity contribution < 1.29 is 9.53 Å². The number of nitrogens with zero attached hydrogens (tertiary/aromatic N) is 2. The highest BCUT2D eigenvalue weighted by Gasteiger charge is 2.05. The Morgan fingerprint density at radius 2 is 1.93 bits per heavy atom. The molecule has 0 spiro atoms. The molecule has 28 heavy (non-hydrogen) atoms. The fourth-order valence-corrected chi connectivity index (χ4v) is 2.92. The van der Waals surface area contributed by atoms with Crippen molar-refractivity contribution >= 4 is 12.0 Å². The van der Waals surface area contributed by atoms with Gasteiger partial charge in [0.05, 0.1) is 6.61 Å². The monoisotopic (exact) mass is 375 g/mol. The zero-order valence-electron chi connectivity index (χ0n) is 16.0. The highest BCUT2D eigenvalue weighted by atomic mass is 16.5. The number of nitrogens with one attached hydrogen (secondary N) is 1. The molecule has 0 aliphatic rings. The predicted molar refractivity (Wildman–Crippen MR) is 111 cm³/mol. The van der Waals surface area contributed by atoms with E-state index in [1.807, 2.05) is 55.6 Å². The van der Waals surface area contributed by atoms with Crippen LogP contribution in [0.5, 0.6) is 5.75 Å². The zero-order chi connectivity index (χ0) is 19.6. The lowest BCUT2D eigenvalue weighted by molar-refractivity contribution is -0.116. The molecule has 0 radical (unpaired) electrons. The van der Waals surface area contributed by atoms with Crippen LogP contribution in [0.15, 0.2) is 73.1 Å². The third-order valence-electron chi connectivity index (χ3n) is 4.28. The van der Waals surface area contributed by atoms with Crippen LogP contribution in [0.3, 0.4) is 0 Å². The molecule has 3 rings (SSSR count). The maximum atomic E-state index is 12.1. The molecule has 0 aliphatic carbocycles. The first-order chi connectivity index (χ1) is 13.8. The molecule has 0 saturated heterocycles. The van der Waals surface area contributed by atoms with Gasteiger partial charge in [-0.3, -0.25) is 4.79 Å². The Labute approximate surface area is 165 Å². The number of benzene rings is 2. The maximum absolute atomic E-state index is 12.1. The number of ether oxygens (including phenoxy) is 1. The standard InChI is InChI=1S/C23H25N3O2/c1-2-28-21-11-7-6-10-20(21)12-13-23(27)25-15-14-22-24-16-17-26(22)18-19-8-4-3-5-9-19/h3-13,16-17H,2,14-15,18H2,1H3,(H,25,27)/b13-12+. The van der Waals surface area contributed by atoms with Gasteiger partial charge < -0.3 is 14.6 Å². The molecule has 3 aromatic rings. The normalized spacial score (nSPS) is 10.9. The molecule has 0 unspecified atom stereocenters. The fraction of sp³-hybridized carbons (Fsp3) is 0.217. The minimum Gasteiger partial charge on any atom is -0.493 e. The molecular weight excluding hydrogens is 350 g/mol. The summed E-state index contributed by atoms with van der Waals surface area (Å²) < 4.78 is 7.67. The van der Waals surface area contributed by atoms with E-state index in [4.69, 9.17) is 4.74 Å². The zero-order valence-corrected chi connectivity index (χ0v) is 16.0. The second-order valence-corrected chi connectivity index (χ2v) is 6.30. The van der Waals surface area contributed by atoms with Crippen molar-refractivity contribution in [2.75, 3.05) is 13.2 Å². The van der Waals surface area contributed by atoms with Crippen LogP contribution in [0.1, 0.15) is 23.9 Å². The summed E-state index contributed by atoms with van der Waals surface area (Å²) in [4.78, 5) is 16.5. The van der Waals surface area contributed by atoms with Gasteiger partial charge >= 0.3 is 0 Å². The first kappa shape index (κ1) is 19.4. The van der Waals surface area contributed by atoms with Gasteiger partial charge in [-0.2, -0.15) is 0 Å². The highest BCUT2D eigenvalue weighted by molar-refractivity contribution is 5.92.